The molecule has 1 aliphatic heterocycles. The Morgan fingerprint density at radius 3 is 2.33 bits per heavy atom. The lowest BCUT2D eigenvalue weighted by molar-refractivity contribution is 0.624. The largest absolute Gasteiger partial charge is 0.368 e. The molecule has 0 amide bonds. The van der Waals surface area contributed by atoms with E-state index in [1.807, 2.05) is 0 Å². The lowest BCUT2D eigenvalue weighted by atomic mass is 10.2. The molecule has 106 valence electrons. The maximum atomic E-state index is 13.0. The maximum Gasteiger partial charge on any atom is 0.146 e. The Morgan fingerprint density at radius 1 is 1.00 bits per heavy atom. The molecule has 3 rings (SSSR count). The van der Waals surface area contributed by atoms with Gasteiger partial charge in [-0.15, -0.1) is 0 Å². The van der Waals surface area contributed by atoms with Crippen LogP contribution in [-0.2, 0) is 0 Å². The zero-order chi connectivity index (χ0) is 14.7. The Hall–Kier alpha value is -2.61. The van der Waals surface area contributed by atoms with E-state index in [0.29, 0.717) is 5.56 Å². The van der Waals surface area contributed by atoms with E-state index in [4.69, 9.17) is 5.26 Å². The van der Waals surface area contributed by atoms with Gasteiger partial charge in [-0.2, -0.15) is 5.26 Å². The fourth-order valence-electron chi connectivity index (χ4n) is 2.56. The molecule has 5 heteroatoms. The maximum absolute atomic E-state index is 13.0. The number of nitriles is 1. The molecule has 1 saturated heterocycles. The fourth-order valence-corrected chi connectivity index (χ4v) is 2.56. The lowest BCUT2D eigenvalue weighted by Gasteiger charge is -2.37. The van der Waals surface area contributed by atoms with Gasteiger partial charge >= 0.3 is 0 Å². The number of hydrogen-bond donors (Lipinski definition) is 0. The number of benzene rings is 1. The van der Waals surface area contributed by atoms with Crippen molar-refractivity contribution in [2.24, 2.45) is 0 Å². The van der Waals surface area contributed by atoms with Crippen LogP contribution in [-0.4, -0.2) is 31.2 Å². The van der Waals surface area contributed by atoms with Crippen LogP contribution in [0.15, 0.2) is 42.6 Å². The minimum absolute atomic E-state index is 0.218. The van der Waals surface area contributed by atoms with Crippen molar-refractivity contribution in [2.75, 3.05) is 36.0 Å². The van der Waals surface area contributed by atoms with Gasteiger partial charge in [0.2, 0.25) is 0 Å². The molecule has 1 aromatic carbocycles. The molecule has 0 saturated carbocycles. The molecular formula is C16H15FN4. The van der Waals surface area contributed by atoms with E-state index in [0.717, 1.165) is 37.7 Å². The summed E-state index contributed by atoms with van der Waals surface area (Å²) in [5.74, 6) is 0.531. The number of halogens is 1. The highest BCUT2D eigenvalue weighted by atomic mass is 19.1. The summed E-state index contributed by atoms with van der Waals surface area (Å²) in [5.41, 5.74) is 1.63. The normalized spacial score (nSPS) is 14.9. The molecule has 0 unspecified atom stereocenters. The highest BCUT2D eigenvalue weighted by Crippen LogP contribution is 2.21. The van der Waals surface area contributed by atoms with Crippen molar-refractivity contribution in [2.45, 2.75) is 0 Å². The van der Waals surface area contributed by atoms with Gasteiger partial charge in [-0.25, -0.2) is 9.37 Å². The first kappa shape index (κ1) is 13.4. The number of aromatic nitrogens is 1. The van der Waals surface area contributed by atoms with Crippen molar-refractivity contribution in [3.63, 3.8) is 0 Å². The number of anilines is 2. The van der Waals surface area contributed by atoms with Crippen LogP contribution in [0, 0.1) is 17.1 Å². The lowest BCUT2D eigenvalue weighted by Crippen LogP contribution is -2.47. The van der Waals surface area contributed by atoms with E-state index >= 15 is 0 Å². The molecule has 0 N–H and O–H groups in total. The van der Waals surface area contributed by atoms with E-state index in [-0.39, 0.29) is 5.82 Å². The summed E-state index contributed by atoms with van der Waals surface area (Å²) < 4.78 is 13.0. The summed E-state index contributed by atoms with van der Waals surface area (Å²) in [5, 5.41) is 9.14. The molecule has 0 radical (unpaired) electrons. The first-order valence-electron chi connectivity index (χ1n) is 6.88. The molecular weight excluding hydrogens is 267 g/mol. The van der Waals surface area contributed by atoms with Crippen LogP contribution in [0.3, 0.4) is 0 Å². The van der Waals surface area contributed by atoms with Gasteiger partial charge < -0.3 is 9.80 Å². The molecule has 2 aromatic rings. The molecule has 0 aliphatic carbocycles. The van der Waals surface area contributed by atoms with Crippen molar-refractivity contribution >= 4 is 11.5 Å². The summed E-state index contributed by atoms with van der Waals surface area (Å²) >= 11 is 0. The van der Waals surface area contributed by atoms with E-state index < -0.39 is 0 Å². The molecule has 0 bridgehead atoms. The second-order valence-electron chi connectivity index (χ2n) is 4.94. The minimum atomic E-state index is -0.218. The average Bonchev–Trinajstić information content (AvgIpc) is 2.56. The van der Waals surface area contributed by atoms with Gasteiger partial charge in [0.1, 0.15) is 17.7 Å². The highest BCUT2D eigenvalue weighted by molar-refractivity contribution is 5.55. The second kappa shape index (κ2) is 5.80. The Kier molecular flexibility index (Phi) is 3.69. The highest BCUT2D eigenvalue weighted by Gasteiger charge is 2.20. The first-order valence-corrected chi connectivity index (χ1v) is 6.88. The van der Waals surface area contributed by atoms with E-state index in [2.05, 4.69) is 20.9 Å². The Bertz CT molecular complexity index is 655. The molecule has 0 spiro atoms. The molecule has 1 fully saturated rings. The van der Waals surface area contributed by atoms with Crippen molar-refractivity contribution in [1.82, 2.24) is 4.98 Å². The van der Waals surface area contributed by atoms with Gasteiger partial charge in [0.25, 0.3) is 0 Å². The quantitative estimate of drug-likeness (QED) is 0.848. The first-order chi connectivity index (χ1) is 10.3. The molecule has 2 heterocycles. The molecule has 4 nitrogen and oxygen atoms in total. The van der Waals surface area contributed by atoms with Crippen LogP contribution in [0.1, 0.15) is 5.56 Å². The van der Waals surface area contributed by atoms with Crippen molar-refractivity contribution in [1.29, 1.82) is 5.26 Å². The van der Waals surface area contributed by atoms with Gasteiger partial charge in [0.15, 0.2) is 0 Å². The summed E-state index contributed by atoms with van der Waals surface area (Å²) in [6.45, 7) is 3.24. The van der Waals surface area contributed by atoms with E-state index in [9.17, 15) is 4.39 Å². The van der Waals surface area contributed by atoms with Crippen LogP contribution in [0.2, 0.25) is 0 Å². The van der Waals surface area contributed by atoms with Gasteiger partial charge in [0, 0.05) is 38.1 Å². The van der Waals surface area contributed by atoms with Crippen molar-refractivity contribution < 1.29 is 4.39 Å². The third-order valence-corrected chi connectivity index (χ3v) is 3.68. The average molecular weight is 282 g/mol. The smallest absolute Gasteiger partial charge is 0.146 e. The molecule has 1 aromatic heterocycles. The van der Waals surface area contributed by atoms with Crippen molar-refractivity contribution in [3.8, 4) is 6.07 Å². The van der Waals surface area contributed by atoms with Crippen LogP contribution in [0.25, 0.3) is 0 Å². The zero-order valence-corrected chi connectivity index (χ0v) is 11.5. The van der Waals surface area contributed by atoms with Gasteiger partial charge in [-0.3, -0.25) is 0 Å². The van der Waals surface area contributed by atoms with Crippen LogP contribution < -0.4 is 9.80 Å². The van der Waals surface area contributed by atoms with Gasteiger partial charge in [-0.05, 0) is 36.4 Å². The van der Waals surface area contributed by atoms with E-state index in [1.165, 1.54) is 12.1 Å². The fraction of sp³-hybridized carbons (Fsp3) is 0.250. The molecule has 21 heavy (non-hydrogen) atoms. The number of rotatable bonds is 2. The monoisotopic (exact) mass is 282 g/mol. The van der Waals surface area contributed by atoms with Crippen LogP contribution in [0.4, 0.5) is 15.9 Å². The van der Waals surface area contributed by atoms with Crippen LogP contribution >= 0.6 is 0 Å². The topological polar surface area (TPSA) is 43.2 Å². The molecule has 0 atom stereocenters. The third kappa shape index (κ3) is 2.79. The van der Waals surface area contributed by atoms with E-state index in [1.54, 1.807) is 30.5 Å². The summed E-state index contributed by atoms with van der Waals surface area (Å²) in [7, 11) is 0. The SMILES string of the molecule is N#Cc1cccnc1N1CCN(c2ccc(F)cc2)CC1. The zero-order valence-electron chi connectivity index (χ0n) is 11.5. The predicted octanol–water partition coefficient (Wildman–Crippen LogP) is 2.42. The summed E-state index contributed by atoms with van der Waals surface area (Å²) in [6.07, 6.45) is 1.71. The predicted molar refractivity (Wildman–Crippen MR) is 79.8 cm³/mol. The number of hydrogen-bond acceptors (Lipinski definition) is 4. The Labute approximate surface area is 123 Å². The Balaban J connectivity index is 1.70. The van der Waals surface area contributed by atoms with Gasteiger partial charge in [-0.1, -0.05) is 0 Å². The summed E-state index contributed by atoms with van der Waals surface area (Å²) in [4.78, 5) is 8.65. The summed E-state index contributed by atoms with van der Waals surface area (Å²) in [6, 6.07) is 12.3. The Morgan fingerprint density at radius 2 is 1.67 bits per heavy atom. The third-order valence-electron chi connectivity index (χ3n) is 3.68. The number of piperazine rings is 1. The second-order valence-corrected chi connectivity index (χ2v) is 4.94. The standard InChI is InChI=1S/C16H15FN4/c17-14-3-5-15(6-4-14)20-8-10-21(11-9-20)16-13(12-18)2-1-7-19-16/h1-7H,8-11H2. The number of pyridine rings is 1. The molecule has 1 aliphatic rings. The number of nitrogens with zero attached hydrogens (tertiary/aromatic N) is 4. The van der Waals surface area contributed by atoms with Crippen LogP contribution in [0.5, 0.6) is 0 Å². The van der Waals surface area contributed by atoms with Gasteiger partial charge in [0.05, 0.1) is 5.56 Å². The van der Waals surface area contributed by atoms with Crippen molar-refractivity contribution in [3.05, 3.63) is 54.0 Å². The minimum Gasteiger partial charge on any atom is -0.368 e.